The molecule has 17 heavy (non-hydrogen) atoms. The lowest BCUT2D eigenvalue weighted by atomic mass is 10.1. The van der Waals surface area contributed by atoms with Crippen LogP contribution in [-0.4, -0.2) is 24.1 Å². The molecule has 0 unspecified atom stereocenters. The number of Topliss-reactive ketones (excluding diaryl/α,β-unsaturated/α-hetero) is 1. The van der Waals surface area contributed by atoms with Crippen molar-refractivity contribution in [1.82, 2.24) is 0 Å². The first kappa shape index (κ1) is 13.8. The summed E-state index contributed by atoms with van der Waals surface area (Å²) in [6, 6.07) is 7.61. The Balaban J connectivity index is 2.49. The van der Waals surface area contributed by atoms with Crippen molar-refractivity contribution in [1.29, 1.82) is 0 Å². The molecular weight excluding hydrogens is 236 g/mol. The van der Waals surface area contributed by atoms with Gasteiger partial charge in [-0.25, -0.2) is 0 Å². The lowest BCUT2D eigenvalue weighted by Gasteiger charge is -2.03. The Morgan fingerprint density at radius 2 is 1.88 bits per heavy atom. The van der Waals surface area contributed by atoms with Gasteiger partial charge in [-0.2, -0.15) is 0 Å². The molecule has 0 aliphatic heterocycles. The molecule has 0 aromatic heterocycles. The van der Waals surface area contributed by atoms with Gasteiger partial charge in [0.25, 0.3) is 0 Å². The van der Waals surface area contributed by atoms with E-state index in [2.05, 4.69) is 0 Å². The van der Waals surface area contributed by atoms with Crippen LogP contribution in [0.5, 0.6) is 0 Å². The van der Waals surface area contributed by atoms with Gasteiger partial charge >= 0.3 is 5.97 Å². The Labute approximate surface area is 106 Å². The summed E-state index contributed by atoms with van der Waals surface area (Å²) < 4.78 is 4.87. The van der Waals surface area contributed by atoms with Crippen LogP contribution in [0.3, 0.4) is 0 Å². The minimum absolute atomic E-state index is 0.158. The third-order valence-electron chi connectivity index (χ3n) is 2.02. The summed E-state index contributed by atoms with van der Waals surface area (Å²) in [6.07, 6.45) is 0.297. The van der Waals surface area contributed by atoms with Gasteiger partial charge in [-0.15, -0.1) is 11.8 Å². The first-order chi connectivity index (χ1) is 8.11. The fourth-order valence-corrected chi connectivity index (χ4v) is 1.97. The third-order valence-corrected chi connectivity index (χ3v) is 3.18. The minimum atomic E-state index is -0.211. The Morgan fingerprint density at radius 3 is 2.41 bits per heavy atom. The molecule has 0 radical (unpaired) electrons. The number of ketones is 1. The molecule has 0 N–H and O–H groups in total. The number of esters is 1. The Hall–Kier alpha value is -1.29. The maximum absolute atomic E-state index is 11.2. The van der Waals surface area contributed by atoms with E-state index in [0.29, 0.717) is 18.8 Å². The SMILES string of the molecule is CCOC(=O)Cc1ccc(SCC(C)=O)cc1. The van der Waals surface area contributed by atoms with E-state index in [9.17, 15) is 9.59 Å². The molecular formula is C13H16O3S. The predicted molar refractivity (Wildman–Crippen MR) is 68.2 cm³/mol. The summed E-state index contributed by atoms with van der Waals surface area (Å²) in [5.74, 6) is 0.430. The zero-order chi connectivity index (χ0) is 12.7. The van der Waals surface area contributed by atoms with Gasteiger partial charge in [-0.3, -0.25) is 9.59 Å². The second-order valence-corrected chi connectivity index (χ2v) is 4.67. The summed E-state index contributed by atoms with van der Waals surface area (Å²) in [7, 11) is 0. The molecule has 0 bridgehead atoms. The topological polar surface area (TPSA) is 43.4 Å². The Morgan fingerprint density at radius 1 is 1.24 bits per heavy atom. The summed E-state index contributed by atoms with van der Waals surface area (Å²) in [6.45, 7) is 3.77. The molecule has 0 aliphatic carbocycles. The molecule has 1 aromatic carbocycles. The minimum Gasteiger partial charge on any atom is -0.466 e. The van der Waals surface area contributed by atoms with E-state index in [0.717, 1.165) is 10.5 Å². The van der Waals surface area contributed by atoms with Crippen molar-refractivity contribution in [2.24, 2.45) is 0 Å². The highest BCUT2D eigenvalue weighted by atomic mass is 32.2. The van der Waals surface area contributed by atoms with Crippen LogP contribution < -0.4 is 0 Å². The average Bonchev–Trinajstić information content (AvgIpc) is 2.28. The molecule has 0 amide bonds. The van der Waals surface area contributed by atoms with Crippen molar-refractivity contribution >= 4 is 23.5 Å². The standard InChI is InChI=1S/C13H16O3S/c1-3-16-13(15)8-11-4-6-12(7-5-11)17-9-10(2)14/h4-7H,3,8-9H2,1-2H3. The van der Waals surface area contributed by atoms with Gasteiger partial charge in [0.2, 0.25) is 0 Å². The number of thioether (sulfide) groups is 1. The van der Waals surface area contributed by atoms with E-state index in [4.69, 9.17) is 4.74 Å². The largest absolute Gasteiger partial charge is 0.466 e. The second kappa shape index (κ2) is 7.12. The predicted octanol–water partition coefficient (Wildman–Crippen LogP) is 2.47. The van der Waals surface area contributed by atoms with Crippen molar-refractivity contribution in [2.75, 3.05) is 12.4 Å². The lowest BCUT2D eigenvalue weighted by molar-refractivity contribution is -0.142. The summed E-state index contributed by atoms with van der Waals surface area (Å²) in [4.78, 5) is 23.1. The van der Waals surface area contributed by atoms with E-state index >= 15 is 0 Å². The summed E-state index contributed by atoms with van der Waals surface area (Å²) >= 11 is 1.50. The van der Waals surface area contributed by atoms with Crippen LogP contribution >= 0.6 is 11.8 Å². The maximum atomic E-state index is 11.2. The number of hydrogen-bond donors (Lipinski definition) is 0. The van der Waals surface area contributed by atoms with Crippen LogP contribution in [0.1, 0.15) is 19.4 Å². The van der Waals surface area contributed by atoms with Crippen LogP contribution in [0.25, 0.3) is 0 Å². The summed E-state index contributed by atoms with van der Waals surface area (Å²) in [5, 5.41) is 0. The smallest absolute Gasteiger partial charge is 0.310 e. The fourth-order valence-electron chi connectivity index (χ4n) is 1.27. The molecule has 0 heterocycles. The van der Waals surface area contributed by atoms with Crippen LogP contribution in [0, 0.1) is 0 Å². The van der Waals surface area contributed by atoms with Crippen molar-refractivity contribution in [3.63, 3.8) is 0 Å². The first-order valence-corrected chi connectivity index (χ1v) is 6.47. The molecule has 0 aliphatic rings. The van der Waals surface area contributed by atoms with Gasteiger partial charge in [0.15, 0.2) is 0 Å². The lowest BCUT2D eigenvalue weighted by Crippen LogP contribution is -2.07. The van der Waals surface area contributed by atoms with Gasteiger partial charge in [-0.1, -0.05) is 12.1 Å². The molecule has 92 valence electrons. The zero-order valence-electron chi connectivity index (χ0n) is 10.1. The molecule has 0 spiro atoms. The van der Waals surface area contributed by atoms with Gasteiger partial charge in [-0.05, 0) is 31.5 Å². The van der Waals surface area contributed by atoms with E-state index in [-0.39, 0.29) is 11.8 Å². The number of hydrogen-bond acceptors (Lipinski definition) is 4. The van der Waals surface area contributed by atoms with E-state index in [1.165, 1.54) is 11.8 Å². The van der Waals surface area contributed by atoms with Crippen molar-refractivity contribution in [3.05, 3.63) is 29.8 Å². The zero-order valence-corrected chi connectivity index (χ0v) is 10.9. The average molecular weight is 252 g/mol. The highest BCUT2D eigenvalue weighted by molar-refractivity contribution is 8.00. The molecule has 4 heteroatoms. The molecule has 1 aromatic rings. The van der Waals surface area contributed by atoms with Crippen molar-refractivity contribution < 1.29 is 14.3 Å². The Bertz CT molecular complexity index is 384. The maximum Gasteiger partial charge on any atom is 0.310 e. The van der Waals surface area contributed by atoms with Gasteiger partial charge in [0.1, 0.15) is 5.78 Å². The number of carbonyl (C=O) groups excluding carboxylic acids is 2. The van der Waals surface area contributed by atoms with E-state index < -0.39 is 0 Å². The molecule has 0 saturated carbocycles. The van der Waals surface area contributed by atoms with Gasteiger partial charge in [0, 0.05) is 4.90 Å². The summed E-state index contributed by atoms with van der Waals surface area (Å²) in [5.41, 5.74) is 0.927. The van der Waals surface area contributed by atoms with Gasteiger partial charge < -0.3 is 4.74 Å². The van der Waals surface area contributed by atoms with E-state index in [1.54, 1.807) is 13.8 Å². The van der Waals surface area contributed by atoms with Crippen LogP contribution in [0.15, 0.2) is 29.2 Å². The Kier molecular flexibility index (Phi) is 5.77. The first-order valence-electron chi connectivity index (χ1n) is 5.48. The van der Waals surface area contributed by atoms with Crippen LogP contribution in [-0.2, 0) is 20.7 Å². The normalized spacial score (nSPS) is 10.0. The molecule has 0 atom stereocenters. The number of benzene rings is 1. The fraction of sp³-hybridized carbons (Fsp3) is 0.385. The highest BCUT2D eigenvalue weighted by Gasteiger charge is 2.04. The molecule has 3 nitrogen and oxygen atoms in total. The number of rotatable bonds is 6. The third kappa shape index (κ3) is 5.54. The number of carbonyl (C=O) groups is 2. The quantitative estimate of drug-likeness (QED) is 0.576. The molecule has 1 rings (SSSR count). The molecule has 0 saturated heterocycles. The monoisotopic (exact) mass is 252 g/mol. The van der Waals surface area contributed by atoms with Crippen molar-refractivity contribution in [3.8, 4) is 0 Å². The van der Waals surface area contributed by atoms with Gasteiger partial charge in [0.05, 0.1) is 18.8 Å². The van der Waals surface area contributed by atoms with Crippen LogP contribution in [0.4, 0.5) is 0 Å². The van der Waals surface area contributed by atoms with Crippen molar-refractivity contribution in [2.45, 2.75) is 25.2 Å². The second-order valence-electron chi connectivity index (χ2n) is 3.62. The molecule has 0 fully saturated rings. The van der Waals surface area contributed by atoms with E-state index in [1.807, 2.05) is 24.3 Å². The highest BCUT2D eigenvalue weighted by Crippen LogP contribution is 2.18. The number of ether oxygens (including phenoxy) is 1. The van der Waals surface area contributed by atoms with Crippen LogP contribution in [0.2, 0.25) is 0 Å².